The third-order valence-corrected chi connectivity index (χ3v) is 11.7. The van der Waals surface area contributed by atoms with Crippen LogP contribution in [0, 0.1) is 25.5 Å². The maximum Gasteiger partial charge on any atom is 0.323 e. The highest BCUT2D eigenvalue weighted by molar-refractivity contribution is 7.93. The predicted octanol–water partition coefficient (Wildman–Crippen LogP) is 5.36. The number of carboxylic acids is 2. The fourth-order valence-electron chi connectivity index (χ4n) is 5.90. The second-order valence-corrected chi connectivity index (χ2v) is 15.3. The van der Waals surface area contributed by atoms with E-state index in [0.717, 1.165) is 23.8 Å². The fourth-order valence-corrected chi connectivity index (χ4v) is 8.94. The number of hydrogen-bond donors (Lipinski definition) is 3. The van der Waals surface area contributed by atoms with E-state index in [-0.39, 0.29) is 44.2 Å². The van der Waals surface area contributed by atoms with E-state index in [4.69, 9.17) is 10.2 Å². The zero-order valence-corrected chi connectivity index (χ0v) is 29.6. The van der Waals surface area contributed by atoms with Gasteiger partial charge in [0.15, 0.2) is 0 Å². The van der Waals surface area contributed by atoms with Crippen molar-refractivity contribution in [2.75, 3.05) is 11.8 Å². The van der Waals surface area contributed by atoms with Gasteiger partial charge in [-0.05, 0) is 67.9 Å². The maximum absolute atomic E-state index is 13.8. The lowest BCUT2D eigenvalue weighted by atomic mass is 10.2. The summed E-state index contributed by atoms with van der Waals surface area (Å²) in [7, 11) is -6.60. The number of halogens is 2. The molecule has 0 saturated carbocycles. The lowest BCUT2D eigenvalue weighted by Gasteiger charge is -2.18. The number of anilines is 1. The van der Waals surface area contributed by atoms with Crippen LogP contribution in [0.25, 0.3) is 21.8 Å². The van der Waals surface area contributed by atoms with Gasteiger partial charge in [-0.1, -0.05) is 30.3 Å². The number of hydrogen-bond acceptors (Lipinski definition) is 7. The third kappa shape index (κ3) is 7.80. The number of carboxylic acid groups (broad SMARTS) is 2. The molecule has 0 atom stereocenters. The van der Waals surface area contributed by atoms with Crippen LogP contribution in [0.5, 0.6) is 0 Å². The number of aromatic nitrogens is 3. The molecule has 3 N–H and O–H groups in total. The van der Waals surface area contributed by atoms with E-state index >= 15 is 0 Å². The summed E-state index contributed by atoms with van der Waals surface area (Å²) in [6.45, 7) is 2.31. The van der Waals surface area contributed by atoms with E-state index < -0.39 is 56.7 Å². The summed E-state index contributed by atoms with van der Waals surface area (Å²) >= 11 is 0. The molecule has 3 aromatic carbocycles. The lowest BCUT2D eigenvalue weighted by molar-refractivity contribution is -0.138. The molecule has 0 unspecified atom stereocenters. The Hall–Kier alpha value is -5.65. The summed E-state index contributed by atoms with van der Waals surface area (Å²) in [5, 5.41) is 18.5. The molecule has 0 aliphatic rings. The van der Waals surface area contributed by atoms with Crippen LogP contribution in [-0.2, 0) is 49.3 Å². The molecular formula is C35H33F2N5O8S2. The van der Waals surface area contributed by atoms with Crippen molar-refractivity contribution >= 4 is 59.5 Å². The van der Waals surface area contributed by atoms with E-state index in [1.54, 1.807) is 6.07 Å². The number of nitrogens with zero attached hydrogens (tertiary/aromatic N) is 4. The zero-order valence-electron chi connectivity index (χ0n) is 28.0. The summed E-state index contributed by atoms with van der Waals surface area (Å²) < 4.78 is 85.9. The molecular weight excluding hydrogens is 721 g/mol. The first-order valence-electron chi connectivity index (χ1n) is 15.4. The number of rotatable bonds is 11. The molecule has 17 heteroatoms. The Labute approximate surface area is 297 Å². The van der Waals surface area contributed by atoms with E-state index in [1.165, 1.54) is 71.0 Å². The van der Waals surface area contributed by atoms with Crippen molar-refractivity contribution in [2.24, 2.45) is 0 Å². The fraction of sp³-hybridized carbons (Fsp3) is 0.171. The number of nitrogens with one attached hydrogen (secondary N) is 1. The average molecular weight is 754 g/mol. The minimum atomic E-state index is -4.07. The molecule has 0 spiro atoms. The van der Waals surface area contributed by atoms with Crippen LogP contribution in [0.2, 0.25) is 0 Å². The Bertz CT molecular complexity index is 2520. The zero-order chi connectivity index (χ0) is 38.0. The Morgan fingerprint density at radius 3 is 1.79 bits per heavy atom. The Morgan fingerprint density at radius 2 is 1.29 bits per heavy atom. The summed E-state index contributed by atoms with van der Waals surface area (Å²) in [6.07, 6.45) is 2.83. The van der Waals surface area contributed by atoms with Gasteiger partial charge in [0, 0.05) is 41.9 Å². The van der Waals surface area contributed by atoms with Gasteiger partial charge in [0.2, 0.25) is 10.0 Å². The quantitative estimate of drug-likeness (QED) is 0.157. The first-order valence-corrected chi connectivity index (χ1v) is 18.4. The predicted molar refractivity (Wildman–Crippen MR) is 189 cm³/mol. The number of benzene rings is 3. The SMILES string of the molecule is Cc1c(S(=O)(=O)N(C)Cc2ccccc2)c2cc(F)ccc2n1CC(=O)O.Cc1c(S(=O)(=O)Nc2cccnc2)c2cc(F)ccc2n1CC(=O)O. The van der Waals surface area contributed by atoms with Crippen molar-refractivity contribution in [1.29, 1.82) is 0 Å². The van der Waals surface area contributed by atoms with E-state index in [0.29, 0.717) is 11.0 Å². The van der Waals surface area contributed by atoms with Gasteiger partial charge in [-0.25, -0.2) is 25.6 Å². The van der Waals surface area contributed by atoms with Crippen LogP contribution in [0.15, 0.2) is 101 Å². The van der Waals surface area contributed by atoms with Crippen molar-refractivity contribution in [3.05, 3.63) is 120 Å². The smallest absolute Gasteiger partial charge is 0.323 e. The monoisotopic (exact) mass is 753 g/mol. The lowest BCUT2D eigenvalue weighted by Crippen LogP contribution is -2.27. The van der Waals surface area contributed by atoms with Crippen LogP contribution in [-0.4, -0.2) is 64.5 Å². The largest absolute Gasteiger partial charge is 0.480 e. The van der Waals surface area contributed by atoms with E-state index in [1.807, 2.05) is 30.3 Å². The van der Waals surface area contributed by atoms with Crippen molar-refractivity contribution < 1.29 is 45.4 Å². The van der Waals surface area contributed by atoms with Gasteiger partial charge in [0.1, 0.15) is 34.5 Å². The standard InChI is InChI=1S/C19H19FN2O4S.C16H14FN3O4S/c1-13-19(27(25,26)21(2)11-14-6-4-3-5-7-14)16-10-15(20)8-9-17(16)22(13)12-18(23)24;1-10-16(25(23,24)19-12-3-2-6-18-8-12)13-7-11(17)4-5-14(13)20(10)9-15(21)22/h3-10H,11-12H2,1-2H3,(H,23,24);2-8,19H,9H2,1H3,(H,21,22). The van der Waals surface area contributed by atoms with Crippen LogP contribution >= 0.6 is 0 Å². The summed E-state index contributed by atoms with van der Waals surface area (Å²) in [5.41, 5.74) is 2.22. The highest BCUT2D eigenvalue weighted by atomic mass is 32.2. The number of carbonyl (C=O) groups is 2. The molecule has 0 aliphatic heterocycles. The van der Waals surface area contributed by atoms with Crippen LogP contribution in [0.1, 0.15) is 17.0 Å². The van der Waals surface area contributed by atoms with Crippen molar-refractivity contribution in [3.8, 4) is 0 Å². The van der Waals surface area contributed by atoms with Crippen molar-refractivity contribution in [3.63, 3.8) is 0 Å². The van der Waals surface area contributed by atoms with Gasteiger partial charge in [-0.15, -0.1) is 0 Å². The van der Waals surface area contributed by atoms with E-state index in [2.05, 4.69) is 9.71 Å². The molecule has 0 aliphatic carbocycles. The minimum absolute atomic E-state index is 0.0725. The van der Waals surface area contributed by atoms with Crippen LogP contribution in [0.4, 0.5) is 14.5 Å². The molecule has 0 bridgehead atoms. The highest BCUT2D eigenvalue weighted by Crippen LogP contribution is 2.34. The maximum atomic E-state index is 13.8. The molecule has 0 fully saturated rings. The Morgan fingerprint density at radius 1 is 0.769 bits per heavy atom. The molecule has 6 aromatic rings. The first kappa shape index (κ1) is 37.6. The molecule has 0 amide bonds. The first-order chi connectivity index (χ1) is 24.5. The van der Waals surface area contributed by atoms with E-state index in [9.17, 15) is 35.2 Å². The van der Waals surface area contributed by atoms with Gasteiger partial charge in [0.25, 0.3) is 10.0 Å². The Balaban J connectivity index is 0.000000202. The second kappa shape index (κ2) is 14.9. The summed E-state index contributed by atoms with van der Waals surface area (Å²) in [6, 6.07) is 19.5. The topological polar surface area (TPSA) is 181 Å². The van der Waals surface area contributed by atoms with Crippen molar-refractivity contribution in [2.45, 2.75) is 43.3 Å². The van der Waals surface area contributed by atoms with Gasteiger partial charge in [-0.3, -0.25) is 19.3 Å². The average Bonchev–Trinajstić information content (AvgIpc) is 3.50. The summed E-state index contributed by atoms with van der Waals surface area (Å²) in [5.74, 6) is -3.44. The molecule has 272 valence electrons. The molecule has 52 heavy (non-hydrogen) atoms. The normalized spacial score (nSPS) is 11.8. The number of aliphatic carboxylic acids is 2. The van der Waals surface area contributed by atoms with Crippen LogP contribution < -0.4 is 4.72 Å². The highest BCUT2D eigenvalue weighted by Gasteiger charge is 2.30. The molecule has 3 heterocycles. The molecule has 6 rings (SSSR count). The Kier molecular flexibility index (Phi) is 10.8. The second-order valence-electron chi connectivity index (χ2n) is 11.7. The molecule has 0 saturated heterocycles. The number of sulfonamides is 2. The van der Waals surface area contributed by atoms with Gasteiger partial charge in [0.05, 0.1) is 22.9 Å². The molecule has 0 radical (unpaired) electrons. The van der Waals surface area contributed by atoms with Crippen molar-refractivity contribution in [1.82, 2.24) is 18.4 Å². The summed E-state index contributed by atoms with van der Waals surface area (Å²) in [4.78, 5) is 25.9. The van der Waals surface area contributed by atoms with Gasteiger partial charge >= 0.3 is 11.9 Å². The van der Waals surface area contributed by atoms with Gasteiger partial charge in [-0.2, -0.15) is 4.31 Å². The molecule has 13 nitrogen and oxygen atoms in total. The van der Waals surface area contributed by atoms with Crippen LogP contribution in [0.3, 0.4) is 0 Å². The number of pyridine rings is 1. The number of fused-ring (bicyclic) bond motifs is 2. The third-order valence-electron chi connectivity index (χ3n) is 8.14. The van der Waals surface area contributed by atoms with Gasteiger partial charge < -0.3 is 19.3 Å². The molecule has 3 aromatic heterocycles. The minimum Gasteiger partial charge on any atom is -0.480 e.